The summed E-state index contributed by atoms with van der Waals surface area (Å²) in [6.07, 6.45) is 1.83. The number of aromatic nitrogens is 1. The molecule has 23 heavy (non-hydrogen) atoms. The van der Waals surface area contributed by atoms with E-state index in [4.69, 9.17) is 10.5 Å². The first-order chi connectivity index (χ1) is 11.0. The summed E-state index contributed by atoms with van der Waals surface area (Å²) in [4.78, 5) is 25.8. The summed E-state index contributed by atoms with van der Waals surface area (Å²) in [5.41, 5.74) is 7.84. The van der Waals surface area contributed by atoms with Crippen LogP contribution in [0, 0.1) is 0 Å². The fourth-order valence-electron chi connectivity index (χ4n) is 2.82. The van der Waals surface area contributed by atoms with Gasteiger partial charge in [0.05, 0.1) is 29.1 Å². The first-order valence-electron chi connectivity index (χ1n) is 7.08. The third-order valence-electron chi connectivity index (χ3n) is 3.83. The van der Waals surface area contributed by atoms with Gasteiger partial charge in [-0.2, -0.15) is 0 Å². The van der Waals surface area contributed by atoms with Crippen LogP contribution in [0.25, 0.3) is 16.4 Å². The monoisotopic (exact) mass is 311 g/mol. The van der Waals surface area contributed by atoms with Crippen LogP contribution in [0.5, 0.6) is 5.75 Å². The Morgan fingerprint density at radius 1 is 1.17 bits per heavy atom. The Bertz CT molecular complexity index is 941. The van der Waals surface area contributed by atoms with E-state index in [1.54, 1.807) is 26.2 Å². The second-order valence-electron chi connectivity index (χ2n) is 5.47. The van der Waals surface area contributed by atoms with Gasteiger partial charge >= 0.3 is 0 Å². The number of carbonyl (C=O) groups excluding carboxylic acids is 2. The zero-order valence-electron chi connectivity index (χ0n) is 13.2. The Morgan fingerprint density at radius 2 is 1.91 bits per heavy atom. The molecular formula is C17H17N3O3. The standard InChI is InChI=1S/C17H17N3O3/c1-19(2)17(22)10-8-12-14(13(9-10)23-3)15(16(18)21)11-6-4-5-7-20(11)12/h4-9H,1-3H3,(H2,18,21). The van der Waals surface area contributed by atoms with E-state index in [1.165, 1.54) is 12.0 Å². The number of carbonyl (C=O) groups is 2. The SMILES string of the molecule is COc1cc(C(=O)N(C)C)cc2c1c(C(N)=O)c1ccccn12. The summed E-state index contributed by atoms with van der Waals surface area (Å²) in [7, 11) is 4.87. The lowest BCUT2D eigenvalue weighted by molar-refractivity contribution is 0.0827. The minimum Gasteiger partial charge on any atom is -0.496 e. The van der Waals surface area contributed by atoms with Gasteiger partial charge < -0.3 is 19.8 Å². The number of hydrogen-bond donors (Lipinski definition) is 1. The van der Waals surface area contributed by atoms with E-state index in [1.807, 2.05) is 28.8 Å². The lowest BCUT2D eigenvalue weighted by Crippen LogP contribution is -2.21. The van der Waals surface area contributed by atoms with Crippen LogP contribution >= 0.6 is 0 Å². The second kappa shape index (κ2) is 5.31. The Labute approximate surface area is 133 Å². The molecule has 118 valence electrons. The lowest BCUT2D eigenvalue weighted by atomic mass is 10.1. The van der Waals surface area contributed by atoms with Crippen molar-refractivity contribution < 1.29 is 14.3 Å². The second-order valence-corrected chi connectivity index (χ2v) is 5.47. The van der Waals surface area contributed by atoms with Gasteiger partial charge in [0.25, 0.3) is 11.8 Å². The molecule has 3 aromatic rings. The van der Waals surface area contributed by atoms with Gasteiger partial charge in [-0.05, 0) is 24.3 Å². The van der Waals surface area contributed by atoms with Crippen LogP contribution in [0.2, 0.25) is 0 Å². The Kier molecular flexibility index (Phi) is 3.44. The molecule has 1 aromatic carbocycles. The number of fused-ring (bicyclic) bond motifs is 3. The molecule has 2 N–H and O–H groups in total. The van der Waals surface area contributed by atoms with Gasteiger partial charge in [-0.3, -0.25) is 9.59 Å². The molecule has 2 aromatic heterocycles. The van der Waals surface area contributed by atoms with Gasteiger partial charge in [0.15, 0.2) is 0 Å². The number of primary amides is 1. The average molecular weight is 311 g/mol. The molecule has 0 aliphatic rings. The largest absolute Gasteiger partial charge is 0.496 e. The van der Waals surface area contributed by atoms with Gasteiger partial charge in [-0.15, -0.1) is 0 Å². The van der Waals surface area contributed by atoms with Crippen molar-refractivity contribution in [3.05, 3.63) is 47.7 Å². The molecule has 0 aliphatic carbocycles. The predicted molar refractivity (Wildman–Crippen MR) is 88.0 cm³/mol. The number of rotatable bonds is 3. The first-order valence-corrected chi connectivity index (χ1v) is 7.08. The zero-order chi connectivity index (χ0) is 16.7. The molecule has 0 bridgehead atoms. The van der Waals surface area contributed by atoms with Gasteiger partial charge in [0, 0.05) is 25.9 Å². The first kappa shape index (κ1) is 14.9. The van der Waals surface area contributed by atoms with Crippen LogP contribution in [0.15, 0.2) is 36.5 Å². The van der Waals surface area contributed by atoms with Gasteiger partial charge in [-0.1, -0.05) is 6.07 Å². The summed E-state index contributed by atoms with van der Waals surface area (Å²) in [5.74, 6) is -0.226. The maximum Gasteiger partial charge on any atom is 0.253 e. The molecule has 2 amide bonds. The summed E-state index contributed by atoms with van der Waals surface area (Å²) >= 11 is 0. The normalized spacial score (nSPS) is 10.9. The van der Waals surface area contributed by atoms with E-state index in [9.17, 15) is 9.59 Å². The van der Waals surface area contributed by atoms with Gasteiger partial charge in [0.2, 0.25) is 0 Å². The number of hydrogen-bond acceptors (Lipinski definition) is 3. The third kappa shape index (κ3) is 2.19. The molecule has 0 atom stereocenters. The summed E-state index contributed by atoms with van der Waals surface area (Å²) in [5, 5.41) is 0.613. The van der Waals surface area contributed by atoms with Gasteiger partial charge in [0.1, 0.15) is 5.75 Å². The molecule has 0 saturated carbocycles. The molecule has 3 rings (SSSR count). The molecule has 2 heterocycles. The van der Waals surface area contributed by atoms with Crippen molar-refractivity contribution >= 4 is 28.2 Å². The minimum absolute atomic E-state index is 0.142. The number of amides is 2. The smallest absolute Gasteiger partial charge is 0.253 e. The molecule has 6 nitrogen and oxygen atoms in total. The predicted octanol–water partition coefficient (Wildman–Crippen LogP) is 1.90. The maximum absolute atomic E-state index is 12.3. The topological polar surface area (TPSA) is 77.0 Å². The molecule has 0 fully saturated rings. The molecule has 0 unspecified atom stereocenters. The highest BCUT2D eigenvalue weighted by Crippen LogP contribution is 2.35. The van der Waals surface area contributed by atoms with E-state index < -0.39 is 5.91 Å². The van der Waals surface area contributed by atoms with Crippen LogP contribution in [0.4, 0.5) is 0 Å². The fourth-order valence-corrected chi connectivity index (χ4v) is 2.82. The van der Waals surface area contributed by atoms with Crippen LogP contribution in [-0.4, -0.2) is 42.3 Å². The molecule has 0 aliphatic heterocycles. The highest BCUT2D eigenvalue weighted by molar-refractivity contribution is 6.16. The zero-order valence-corrected chi connectivity index (χ0v) is 13.2. The Morgan fingerprint density at radius 3 is 2.52 bits per heavy atom. The van der Waals surface area contributed by atoms with E-state index in [2.05, 4.69) is 0 Å². The van der Waals surface area contributed by atoms with Crippen LogP contribution in [-0.2, 0) is 0 Å². The lowest BCUT2D eigenvalue weighted by Gasteiger charge is -2.12. The number of methoxy groups -OCH3 is 1. The highest BCUT2D eigenvalue weighted by atomic mass is 16.5. The van der Waals surface area contributed by atoms with Gasteiger partial charge in [-0.25, -0.2) is 0 Å². The van der Waals surface area contributed by atoms with Crippen LogP contribution < -0.4 is 10.5 Å². The van der Waals surface area contributed by atoms with E-state index in [0.29, 0.717) is 33.3 Å². The van der Waals surface area contributed by atoms with Crippen LogP contribution in [0.3, 0.4) is 0 Å². The van der Waals surface area contributed by atoms with E-state index in [-0.39, 0.29) is 5.91 Å². The summed E-state index contributed by atoms with van der Waals surface area (Å²) in [6.45, 7) is 0. The van der Waals surface area contributed by atoms with E-state index in [0.717, 1.165) is 0 Å². The number of nitrogens with two attached hydrogens (primary N) is 1. The average Bonchev–Trinajstić information content (AvgIpc) is 2.87. The number of benzene rings is 1. The molecule has 0 spiro atoms. The van der Waals surface area contributed by atoms with Crippen molar-refractivity contribution in [2.75, 3.05) is 21.2 Å². The summed E-state index contributed by atoms with van der Waals surface area (Å²) in [6, 6.07) is 8.88. The maximum atomic E-state index is 12.3. The molecular weight excluding hydrogens is 294 g/mol. The van der Waals surface area contributed by atoms with E-state index >= 15 is 0 Å². The summed E-state index contributed by atoms with van der Waals surface area (Å²) < 4.78 is 7.26. The van der Waals surface area contributed by atoms with Crippen molar-refractivity contribution in [2.24, 2.45) is 5.73 Å². The van der Waals surface area contributed by atoms with Crippen molar-refractivity contribution in [1.29, 1.82) is 0 Å². The van der Waals surface area contributed by atoms with Crippen LogP contribution in [0.1, 0.15) is 20.7 Å². The van der Waals surface area contributed by atoms with Crippen molar-refractivity contribution in [3.63, 3.8) is 0 Å². The minimum atomic E-state index is -0.534. The Hall–Kier alpha value is -3.02. The van der Waals surface area contributed by atoms with Crippen molar-refractivity contribution in [2.45, 2.75) is 0 Å². The highest BCUT2D eigenvalue weighted by Gasteiger charge is 2.22. The van der Waals surface area contributed by atoms with Crippen molar-refractivity contribution in [3.8, 4) is 5.75 Å². The number of ether oxygens (including phenoxy) is 1. The Balaban J connectivity index is 2.49. The number of nitrogens with zero attached hydrogens (tertiary/aromatic N) is 2. The molecule has 0 saturated heterocycles. The van der Waals surface area contributed by atoms with Crippen molar-refractivity contribution in [1.82, 2.24) is 9.30 Å². The number of pyridine rings is 1. The third-order valence-corrected chi connectivity index (χ3v) is 3.83. The molecule has 0 radical (unpaired) electrons. The fraction of sp³-hybridized carbons (Fsp3) is 0.176. The quantitative estimate of drug-likeness (QED) is 0.802. The molecule has 6 heteroatoms.